The first-order valence-electron chi connectivity index (χ1n) is 11.1. The lowest BCUT2D eigenvalue weighted by Gasteiger charge is -2.19. The van der Waals surface area contributed by atoms with Crippen molar-refractivity contribution in [3.8, 4) is 11.3 Å². The van der Waals surface area contributed by atoms with E-state index in [0.717, 1.165) is 33.2 Å². The normalized spacial score (nSPS) is 12.2. The molecule has 3 aromatic carbocycles. The van der Waals surface area contributed by atoms with Gasteiger partial charge in [-0.3, -0.25) is 9.89 Å². The van der Waals surface area contributed by atoms with E-state index in [-0.39, 0.29) is 5.92 Å². The Morgan fingerprint density at radius 3 is 2.57 bits per heavy atom. The van der Waals surface area contributed by atoms with Crippen molar-refractivity contribution in [2.75, 3.05) is 5.73 Å². The summed E-state index contributed by atoms with van der Waals surface area (Å²) < 4.78 is 0. The highest BCUT2D eigenvalue weighted by atomic mass is 35.5. The molecule has 1 amide bonds. The number of carbonyl (C=O) groups excluding carboxylic acids is 1. The molecule has 0 spiro atoms. The average molecular weight is 486 g/mol. The van der Waals surface area contributed by atoms with Crippen molar-refractivity contribution in [2.45, 2.75) is 18.9 Å². The predicted octanol–water partition coefficient (Wildman–Crippen LogP) is 4.12. The van der Waals surface area contributed by atoms with Gasteiger partial charge >= 0.3 is 0 Å². The second kappa shape index (κ2) is 9.25. The average Bonchev–Trinajstić information content (AvgIpc) is 3.44. The molecule has 0 aliphatic carbocycles. The number of aromatic amines is 2. The van der Waals surface area contributed by atoms with Gasteiger partial charge in [0.25, 0.3) is 0 Å². The number of carbonyl (C=O) groups is 1. The third-order valence-electron chi connectivity index (χ3n) is 6.15. The van der Waals surface area contributed by atoms with E-state index in [4.69, 9.17) is 33.8 Å². The molecule has 8 nitrogen and oxygen atoms in total. The van der Waals surface area contributed by atoms with Crippen LogP contribution in [0.25, 0.3) is 22.2 Å². The second-order valence-corrected chi connectivity index (χ2v) is 8.76. The number of aromatic nitrogens is 4. The van der Waals surface area contributed by atoms with Gasteiger partial charge in [-0.15, -0.1) is 0 Å². The highest BCUT2D eigenvalue weighted by Crippen LogP contribution is 2.35. The fraction of sp³-hybridized carbons (Fsp3) is 0.115. The second-order valence-electron chi connectivity index (χ2n) is 8.39. The molecular weight excluding hydrogens is 462 g/mol. The van der Waals surface area contributed by atoms with Crippen molar-refractivity contribution in [1.29, 1.82) is 0 Å². The lowest BCUT2D eigenvalue weighted by atomic mass is 9.86. The van der Waals surface area contributed by atoms with E-state index >= 15 is 0 Å². The van der Waals surface area contributed by atoms with Crippen molar-refractivity contribution in [3.05, 3.63) is 100.0 Å². The molecule has 0 radical (unpaired) electrons. The molecule has 2 aromatic heterocycles. The minimum Gasteiger partial charge on any atom is -0.382 e. The van der Waals surface area contributed by atoms with Gasteiger partial charge in [-0.25, -0.2) is 4.98 Å². The topological polar surface area (TPSA) is 152 Å². The molecule has 0 saturated carbocycles. The van der Waals surface area contributed by atoms with E-state index < -0.39 is 5.91 Å². The summed E-state index contributed by atoms with van der Waals surface area (Å²) in [6, 6.07) is 21.1. The van der Waals surface area contributed by atoms with Gasteiger partial charge in [0.15, 0.2) is 5.82 Å². The summed E-state index contributed by atoms with van der Waals surface area (Å²) >= 11 is 6.65. The number of hydrogen-bond donors (Lipinski definition) is 5. The summed E-state index contributed by atoms with van der Waals surface area (Å²) in [6.45, 7) is 0.335. The smallest absolute Gasteiger partial charge is 0.249 e. The van der Waals surface area contributed by atoms with E-state index in [1.54, 1.807) is 6.07 Å². The monoisotopic (exact) mass is 485 g/mol. The molecule has 0 aliphatic heterocycles. The summed E-state index contributed by atoms with van der Waals surface area (Å²) in [4.78, 5) is 20.5. The molecule has 1 atom stereocenters. The number of fused-ring (bicyclic) bond motifs is 1. The van der Waals surface area contributed by atoms with E-state index in [2.05, 4.69) is 15.2 Å². The van der Waals surface area contributed by atoms with Crippen LogP contribution in [-0.4, -0.2) is 26.1 Å². The molecule has 0 fully saturated rings. The van der Waals surface area contributed by atoms with Crippen molar-refractivity contribution < 1.29 is 4.79 Å². The molecule has 8 N–H and O–H groups in total. The van der Waals surface area contributed by atoms with Crippen molar-refractivity contribution in [3.63, 3.8) is 0 Å². The molecule has 0 unspecified atom stereocenters. The van der Waals surface area contributed by atoms with Gasteiger partial charge in [0.2, 0.25) is 5.91 Å². The number of nitrogen functional groups attached to an aromatic ring is 1. The van der Waals surface area contributed by atoms with Crippen LogP contribution >= 0.6 is 11.6 Å². The fourth-order valence-corrected chi connectivity index (χ4v) is 4.62. The van der Waals surface area contributed by atoms with E-state index in [0.29, 0.717) is 41.0 Å². The quantitative estimate of drug-likeness (QED) is 0.235. The molecule has 0 saturated heterocycles. The highest BCUT2D eigenvalue weighted by Gasteiger charge is 2.25. The number of rotatable bonds is 7. The summed E-state index contributed by atoms with van der Waals surface area (Å²) in [5.41, 5.74) is 22.9. The number of H-pyrrole nitrogens is 2. The molecule has 35 heavy (non-hydrogen) atoms. The SMILES string of the molecule is NCc1ccc(C(N)=O)c([C@H](Cc2ccccc2)c2nc(-c3ccc4c(N)n[nH]c4c3)c(Cl)[nH]2)c1. The van der Waals surface area contributed by atoms with Crippen LogP contribution in [0.1, 0.15) is 38.8 Å². The third kappa shape index (κ3) is 4.37. The molecule has 5 rings (SSSR count). The van der Waals surface area contributed by atoms with Crippen LogP contribution in [0, 0.1) is 0 Å². The van der Waals surface area contributed by atoms with Crippen LogP contribution in [0.4, 0.5) is 5.82 Å². The van der Waals surface area contributed by atoms with E-state index in [9.17, 15) is 4.79 Å². The Hall–Kier alpha value is -4.14. The van der Waals surface area contributed by atoms with Crippen LogP contribution in [0.3, 0.4) is 0 Å². The zero-order valence-electron chi connectivity index (χ0n) is 18.8. The number of hydrogen-bond acceptors (Lipinski definition) is 5. The Balaban J connectivity index is 1.64. The predicted molar refractivity (Wildman–Crippen MR) is 138 cm³/mol. The Morgan fingerprint density at radius 2 is 1.83 bits per heavy atom. The first-order valence-corrected chi connectivity index (χ1v) is 11.5. The molecule has 5 aromatic rings. The maximum atomic E-state index is 12.3. The number of benzene rings is 3. The van der Waals surface area contributed by atoms with Gasteiger partial charge < -0.3 is 22.2 Å². The first kappa shape index (κ1) is 22.6. The third-order valence-corrected chi connectivity index (χ3v) is 6.42. The van der Waals surface area contributed by atoms with Crippen LogP contribution in [-0.2, 0) is 13.0 Å². The molecule has 2 heterocycles. The van der Waals surface area contributed by atoms with Gasteiger partial charge in [-0.2, -0.15) is 5.10 Å². The number of imidazole rings is 1. The van der Waals surface area contributed by atoms with Crippen molar-refractivity contribution in [2.24, 2.45) is 11.5 Å². The molecule has 9 heteroatoms. The first-order chi connectivity index (χ1) is 16.9. The van der Waals surface area contributed by atoms with E-state index in [1.165, 1.54) is 0 Å². The Morgan fingerprint density at radius 1 is 1.03 bits per heavy atom. The number of halogens is 1. The molecule has 0 bridgehead atoms. The van der Waals surface area contributed by atoms with E-state index in [1.807, 2.05) is 60.7 Å². The largest absolute Gasteiger partial charge is 0.382 e. The molecule has 176 valence electrons. The maximum Gasteiger partial charge on any atom is 0.249 e. The Bertz CT molecular complexity index is 1520. The van der Waals surface area contributed by atoms with Crippen LogP contribution in [0.5, 0.6) is 0 Å². The molecular formula is C26H24ClN7O. The van der Waals surface area contributed by atoms with Gasteiger partial charge in [-0.05, 0) is 41.3 Å². The number of amides is 1. The maximum absolute atomic E-state index is 12.3. The number of nitrogens with zero attached hydrogens (tertiary/aromatic N) is 2. The summed E-state index contributed by atoms with van der Waals surface area (Å²) in [6.07, 6.45) is 0.578. The van der Waals surface area contributed by atoms with Crippen LogP contribution < -0.4 is 17.2 Å². The number of nitrogens with two attached hydrogens (primary N) is 3. The Kier molecular flexibility index (Phi) is 5.98. The minimum absolute atomic E-state index is 0.316. The fourth-order valence-electron chi connectivity index (χ4n) is 4.37. The van der Waals surface area contributed by atoms with Crippen LogP contribution in [0.15, 0.2) is 66.7 Å². The van der Waals surface area contributed by atoms with Crippen molar-refractivity contribution >= 4 is 34.2 Å². The van der Waals surface area contributed by atoms with Gasteiger partial charge in [0, 0.05) is 29.0 Å². The van der Waals surface area contributed by atoms with Crippen molar-refractivity contribution in [1.82, 2.24) is 20.2 Å². The number of primary amides is 1. The standard InChI is InChI=1S/C26H24ClN7O/c27-23-22(16-7-9-18-21(12-16)33-34-24(18)29)31-26(32-23)20(10-14-4-2-1-3-5-14)19-11-15(13-28)6-8-17(19)25(30)35/h1-9,11-12,20H,10,13,28H2,(H2,30,35)(H,31,32)(H3,29,33,34)/t20-/m0/s1. The number of nitrogens with one attached hydrogen (secondary N) is 2. The summed E-state index contributed by atoms with van der Waals surface area (Å²) in [7, 11) is 0. The zero-order valence-corrected chi connectivity index (χ0v) is 19.5. The molecule has 0 aliphatic rings. The summed E-state index contributed by atoms with van der Waals surface area (Å²) in [5.74, 6) is 0.225. The van der Waals surface area contributed by atoms with Gasteiger partial charge in [-0.1, -0.05) is 60.1 Å². The number of anilines is 1. The van der Waals surface area contributed by atoms with Gasteiger partial charge in [0.1, 0.15) is 16.7 Å². The Labute approximate surface area is 206 Å². The summed E-state index contributed by atoms with van der Waals surface area (Å²) in [5, 5.41) is 8.19. The van der Waals surface area contributed by atoms with Gasteiger partial charge in [0.05, 0.1) is 5.52 Å². The zero-order chi connectivity index (χ0) is 24.5. The highest BCUT2D eigenvalue weighted by molar-refractivity contribution is 6.32. The minimum atomic E-state index is -0.512. The lowest BCUT2D eigenvalue weighted by Crippen LogP contribution is -2.18. The van der Waals surface area contributed by atoms with Crippen LogP contribution in [0.2, 0.25) is 5.15 Å². The lowest BCUT2D eigenvalue weighted by molar-refractivity contribution is 0.0999.